The number of fused-ring (bicyclic) bond motifs is 1. The van der Waals surface area contributed by atoms with Gasteiger partial charge >= 0.3 is 0 Å². The number of carbonyl (C=O) groups is 2. The van der Waals surface area contributed by atoms with Gasteiger partial charge in [-0.3, -0.25) is 14.3 Å². The maximum absolute atomic E-state index is 12.7. The van der Waals surface area contributed by atoms with Crippen LogP contribution in [-0.2, 0) is 11.3 Å². The second-order valence-corrected chi connectivity index (χ2v) is 5.78. The van der Waals surface area contributed by atoms with Gasteiger partial charge in [-0.25, -0.2) is 0 Å². The number of aryl methyl sites for hydroxylation is 1. The number of nitrogen functional groups attached to an aromatic ring is 1. The molecule has 2 unspecified atom stereocenters. The summed E-state index contributed by atoms with van der Waals surface area (Å²) < 4.78 is 1.65. The van der Waals surface area contributed by atoms with Crippen molar-refractivity contribution in [1.29, 1.82) is 0 Å². The first-order valence-corrected chi connectivity index (χ1v) is 7.50. The van der Waals surface area contributed by atoms with Crippen LogP contribution >= 0.6 is 0 Å². The average molecular weight is 291 g/mol. The zero-order valence-corrected chi connectivity index (χ0v) is 12.2. The fraction of sp³-hybridized carbons (Fsp3) is 0.643. The molecule has 2 saturated heterocycles. The van der Waals surface area contributed by atoms with E-state index >= 15 is 0 Å². The number of nitrogens with two attached hydrogens (primary N) is 1. The smallest absolute Gasteiger partial charge is 0.274 e. The number of anilines is 1. The molecule has 7 nitrogen and oxygen atoms in total. The van der Waals surface area contributed by atoms with E-state index in [9.17, 15) is 9.59 Å². The number of nitrogens with one attached hydrogen (secondary N) is 1. The Hall–Kier alpha value is -2.05. The fourth-order valence-corrected chi connectivity index (χ4v) is 3.32. The molecule has 0 bridgehead atoms. The molecule has 3 heterocycles. The molecule has 1 aromatic rings. The summed E-state index contributed by atoms with van der Waals surface area (Å²) in [5, 5.41) is 7.16. The van der Waals surface area contributed by atoms with E-state index in [2.05, 4.69) is 10.4 Å². The summed E-state index contributed by atoms with van der Waals surface area (Å²) in [6.45, 7) is 3.88. The van der Waals surface area contributed by atoms with Crippen LogP contribution in [-0.4, -0.2) is 45.6 Å². The van der Waals surface area contributed by atoms with Gasteiger partial charge in [-0.1, -0.05) is 0 Å². The van der Waals surface area contributed by atoms with E-state index in [0.717, 1.165) is 12.8 Å². The Balaban J connectivity index is 1.74. The third kappa shape index (κ3) is 2.48. The molecule has 3 rings (SSSR count). The van der Waals surface area contributed by atoms with Crippen molar-refractivity contribution >= 4 is 17.5 Å². The molecule has 2 fully saturated rings. The number of likely N-dealkylation sites (tertiary alicyclic amines) is 1. The predicted molar refractivity (Wildman–Crippen MR) is 77.5 cm³/mol. The maximum atomic E-state index is 12.7. The SMILES string of the molecule is CCn1ncc(N)c1C(=O)N1CCC2NC(=O)CCC2C1. The Morgan fingerprint density at radius 2 is 2.33 bits per heavy atom. The van der Waals surface area contributed by atoms with E-state index in [-0.39, 0.29) is 17.9 Å². The number of amides is 2. The zero-order valence-electron chi connectivity index (χ0n) is 12.2. The molecule has 0 saturated carbocycles. The molecule has 2 amide bonds. The fourth-order valence-electron chi connectivity index (χ4n) is 3.32. The van der Waals surface area contributed by atoms with Crippen LogP contribution in [0.2, 0.25) is 0 Å². The first-order chi connectivity index (χ1) is 10.1. The minimum absolute atomic E-state index is 0.0535. The summed E-state index contributed by atoms with van der Waals surface area (Å²) in [4.78, 5) is 26.0. The number of nitrogens with zero attached hydrogens (tertiary/aromatic N) is 3. The summed E-state index contributed by atoms with van der Waals surface area (Å²) in [6.07, 6.45) is 3.74. The molecule has 2 aliphatic rings. The molecule has 21 heavy (non-hydrogen) atoms. The van der Waals surface area contributed by atoms with Crippen molar-refractivity contribution in [3.63, 3.8) is 0 Å². The highest BCUT2D eigenvalue weighted by molar-refractivity contribution is 5.97. The number of hydrogen-bond acceptors (Lipinski definition) is 4. The zero-order chi connectivity index (χ0) is 15.0. The van der Waals surface area contributed by atoms with Crippen molar-refractivity contribution in [1.82, 2.24) is 20.0 Å². The summed E-state index contributed by atoms with van der Waals surface area (Å²) in [5.41, 5.74) is 6.80. The van der Waals surface area contributed by atoms with Crippen LogP contribution in [0.4, 0.5) is 5.69 Å². The lowest BCUT2D eigenvalue weighted by Crippen LogP contribution is -2.55. The highest BCUT2D eigenvalue weighted by atomic mass is 16.2. The van der Waals surface area contributed by atoms with Gasteiger partial charge in [-0.05, 0) is 25.7 Å². The Kier molecular flexibility index (Phi) is 3.57. The van der Waals surface area contributed by atoms with E-state index < -0.39 is 0 Å². The quantitative estimate of drug-likeness (QED) is 0.815. The van der Waals surface area contributed by atoms with Crippen LogP contribution in [0.1, 0.15) is 36.7 Å². The van der Waals surface area contributed by atoms with Crippen LogP contribution in [0.15, 0.2) is 6.20 Å². The second-order valence-electron chi connectivity index (χ2n) is 5.78. The number of rotatable bonds is 2. The predicted octanol–water partition coefficient (Wildman–Crippen LogP) is 0.226. The molecule has 114 valence electrons. The minimum Gasteiger partial charge on any atom is -0.396 e. The van der Waals surface area contributed by atoms with Gasteiger partial charge in [0.05, 0.1) is 11.9 Å². The number of aromatic nitrogens is 2. The van der Waals surface area contributed by atoms with Crippen molar-refractivity contribution in [2.24, 2.45) is 5.92 Å². The van der Waals surface area contributed by atoms with Gasteiger partial charge in [0, 0.05) is 32.1 Å². The molecule has 2 atom stereocenters. The molecule has 0 radical (unpaired) electrons. The van der Waals surface area contributed by atoms with Crippen LogP contribution in [0.5, 0.6) is 0 Å². The Bertz CT molecular complexity index is 568. The molecule has 1 aromatic heterocycles. The highest BCUT2D eigenvalue weighted by Crippen LogP contribution is 2.27. The Morgan fingerprint density at radius 1 is 1.52 bits per heavy atom. The van der Waals surface area contributed by atoms with E-state index in [0.29, 0.717) is 43.4 Å². The van der Waals surface area contributed by atoms with Crippen LogP contribution in [0.25, 0.3) is 0 Å². The van der Waals surface area contributed by atoms with Crippen molar-refractivity contribution in [3.8, 4) is 0 Å². The minimum atomic E-state index is -0.0535. The van der Waals surface area contributed by atoms with E-state index in [4.69, 9.17) is 5.73 Å². The van der Waals surface area contributed by atoms with Gasteiger partial charge in [0.1, 0.15) is 5.69 Å². The monoisotopic (exact) mass is 291 g/mol. The van der Waals surface area contributed by atoms with Crippen molar-refractivity contribution in [3.05, 3.63) is 11.9 Å². The number of hydrogen-bond donors (Lipinski definition) is 2. The van der Waals surface area contributed by atoms with Crippen LogP contribution < -0.4 is 11.1 Å². The van der Waals surface area contributed by atoms with Crippen LogP contribution in [0, 0.1) is 5.92 Å². The van der Waals surface area contributed by atoms with Crippen molar-refractivity contribution < 1.29 is 9.59 Å². The van der Waals surface area contributed by atoms with E-state index in [1.807, 2.05) is 11.8 Å². The molecule has 0 aliphatic carbocycles. The molecular formula is C14H21N5O2. The largest absolute Gasteiger partial charge is 0.396 e. The van der Waals surface area contributed by atoms with Crippen LogP contribution in [0.3, 0.4) is 0 Å². The summed E-state index contributed by atoms with van der Waals surface area (Å²) in [7, 11) is 0. The van der Waals surface area contributed by atoms with E-state index in [1.54, 1.807) is 4.68 Å². The lowest BCUT2D eigenvalue weighted by atomic mass is 9.85. The number of carbonyl (C=O) groups excluding carboxylic acids is 2. The Labute approximate surface area is 123 Å². The first kappa shape index (κ1) is 13.9. The highest BCUT2D eigenvalue weighted by Gasteiger charge is 2.36. The van der Waals surface area contributed by atoms with Crippen molar-refractivity contribution in [2.75, 3.05) is 18.8 Å². The lowest BCUT2D eigenvalue weighted by Gasteiger charge is -2.41. The summed E-state index contributed by atoms with van der Waals surface area (Å²) >= 11 is 0. The molecule has 3 N–H and O–H groups in total. The second kappa shape index (κ2) is 5.38. The maximum Gasteiger partial charge on any atom is 0.274 e. The summed E-state index contributed by atoms with van der Waals surface area (Å²) in [5.74, 6) is 0.422. The molecule has 0 aromatic carbocycles. The van der Waals surface area contributed by atoms with Gasteiger partial charge in [-0.2, -0.15) is 5.10 Å². The van der Waals surface area contributed by atoms with Gasteiger partial charge in [0.2, 0.25) is 5.91 Å². The molecule has 2 aliphatic heterocycles. The summed E-state index contributed by atoms with van der Waals surface area (Å²) in [6, 6.07) is 0.212. The number of piperidine rings is 2. The van der Waals surface area contributed by atoms with Gasteiger partial charge in [-0.15, -0.1) is 0 Å². The van der Waals surface area contributed by atoms with Gasteiger partial charge in [0.15, 0.2) is 0 Å². The third-order valence-corrected chi connectivity index (χ3v) is 4.48. The molecule has 7 heteroatoms. The normalized spacial score (nSPS) is 25.4. The first-order valence-electron chi connectivity index (χ1n) is 7.50. The lowest BCUT2D eigenvalue weighted by molar-refractivity contribution is -0.125. The topological polar surface area (TPSA) is 93.2 Å². The molecule has 0 spiro atoms. The molecular weight excluding hydrogens is 270 g/mol. The average Bonchev–Trinajstić information content (AvgIpc) is 2.86. The van der Waals surface area contributed by atoms with Gasteiger partial charge in [0.25, 0.3) is 5.91 Å². The van der Waals surface area contributed by atoms with E-state index in [1.165, 1.54) is 6.20 Å². The Morgan fingerprint density at radius 3 is 3.10 bits per heavy atom. The van der Waals surface area contributed by atoms with Gasteiger partial charge < -0.3 is 16.0 Å². The third-order valence-electron chi connectivity index (χ3n) is 4.48. The standard InChI is InChI=1S/C14H21N5O2/c1-2-19-13(10(15)7-16-19)14(21)18-6-5-11-9(8-18)3-4-12(20)17-11/h7,9,11H,2-6,8,15H2,1H3,(H,17,20). The van der Waals surface area contributed by atoms with Crippen molar-refractivity contribution in [2.45, 2.75) is 38.8 Å².